The Morgan fingerprint density at radius 1 is 1.19 bits per heavy atom. The zero-order chi connectivity index (χ0) is 15.2. The molecule has 1 heterocycles. The van der Waals surface area contributed by atoms with E-state index in [-0.39, 0.29) is 0 Å². The van der Waals surface area contributed by atoms with Crippen molar-refractivity contribution in [2.45, 2.75) is 19.8 Å². The van der Waals surface area contributed by atoms with Crippen LogP contribution in [0.1, 0.15) is 18.9 Å². The van der Waals surface area contributed by atoms with Crippen molar-refractivity contribution in [1.82, 2.24) is 9.97 Å². The van der Waals surface area contributed by atoms with Crippen LogP contribution in [0.4, 0.5) is 17.3 Å². The molecule has 0 aliphatic carbocycles. The second-order valence-electron chi connectivity index (χ2n) is 4.78. The molecule has 0 aliphatic heterocycles. The number of aromatic nitrogens is 2. The second kappa shape index (κ2) is 6.92. The molecule has 0 aliphatic rings. The van der Waals surface area contributed by atoms with E-state index < -0.39 is 0 Å². The SMILES string of the molecule is CCCc1c(NC)ncnc1N(C)c1ccc(OC)cc1. The van der Waals surface area contributed by atoms with Crippen molar-refractivity contribution in [1.29, 1.82) is 0 Å². The molecule has 0 saturated heterocycles. The highest BCUT2D eigenvalue weighted by Crippen LogP contribution is 2.30. The van der Waals surface area contributed by atoms with E-state index in [1.807, 2.05) is 38.4 Å². The fourth-order valence-electron chi connectivity index (χ4n) is 2.32. The van der Waals surface area contributed by atoms with Crippen LogP contribution in [-0.2, 0) is 6.42 Å². The zero-order valence-electron chi connectivity index (χ0n) is 13.1. The highest BCUT2D eigenvalue weighted by molar-refractivity contribution is 5.67. The van der Waals surface area contributed by atoms with Crippen molar-refractivity contribution in [3.05, 3.63) is 36.2 Å². The number of benzene rings is 1. The molecule has 112 valence electrons. The van der Waals surface area contributed by atoms with Gasteiger partial charge in [-0.1, -0.05) is 13.3 Å². The number of ether oxygens (including phenoxy) is 1. The average molecular weight is 286 g/mol. The molecule has 0 amide bonds. The molecule has 0 fully saturated rings. The molecule has 0 radical (unpaired) electrons. The molecule has 0 bridgehead atoms. The van der Waals surface area contributed by atoms with Gasteiger partial charge < -0.3 is 15.0 Å². The van der Waals surface area contributed by atoms with E-state index in [4.69, 9.17) is 4.74 Å². The number of anilines is 3. The summed E-state index contributed by atoms with van der Waals surface area (Å²) >= 11 is 0. The highest BCUT2D eigenvalue weighted by Gasteiger charge is 2.14. The third-order valence-electron chi connectivity index (χ3n) is 3.44. The summed E-state index contributed by atoms with van der Waals surface area (Å²) in [6.45, 7) is 2.16. The molecule has 0 spiro atoms. The van der Waals surface area contributed by atoms with Gasteiger partial charge in [0.15, 0.2) is 0 Å². The molecule has 21 heavy (non-hydrogen) atoms. The Labute approximate surface area is 126 Å². The van der Waals surface area contributed by atoms with Crippen molar-refractivity contribution < 1.29 is 4.74 Å². The topological polar surface area (TPSA) is 50.3 Å². The Bertz CT molecular complexity index is 583. The Morgan fingerprint density at radius 3 is 2.48 bits per heavy atom. The number of methoxy groups -OCH3 is 1. The van der Waals surface area contributed by atoms with E-state index in [0.29, 0.717) is 0 Å². The predicted molar refractivity (Wildman–Crippen MR) is 86.6 cm³/mol. The smallest absolute Gasteiger partial charge is 0.141 e. The molecule has 2 rings (SSSR count). The number of hydrogen-bond donors (Lipinski definition) is 1. The molecule has 1 N–H and O–H groups in total. The van der Waals surface area contributed by atoms with Crippen LogP contribution >= 0.6 is 0 Å². The van der Waals surface area contributed by atoms with Crippen LogP contribution in [0.3, 0.4) is 0 Å². The normalized spacial score (nSPS) is 10.3. The minimum atomic E-state index is 0.847. The molecule has 5 heteroatoms. The van der Waals surface area contributed by atoms with Crippen LogP contribution in [0.25, 0.3) is 0 Å². The lowest BCUT2D eigenvalue weighted by molar-refractivity contribution is 0.415. The molecule has 0 atom stereocenters. The van der Waals surface area contributed by atoms with Crippen LogP contribution in [0.2, 0.25) is 0 Å². The summed E-state index contributed by atoms with van der Waals surface area (Å²) in [4.78, 5) is 10.9. The molecule has 0 unspecified atom stereocenters. The molecule has 2 aromatic rings. The van der Waals surface area contributed by atoms with E-state index in [9.17, 15) is 0 Å². The van der Waals surface area contributed by atoms with Gasteiger partial charge in [-0.25, -0.2) is 9.97 Å². The van der Waals surface area contributed by atoms with E-state index in [0.717, 1.165) is 41.5 Å². The summed E-state index contributed by atoms with van der Waals surface area (Å²) in [5, 5.41) is 3.15. The van der Waals surface area contributed by atoms with Crippen LogP contribution < -0.4 is 15.0 Å². The second-order valence-corrected chi connectivity index (χ2v) is 4.78. The number of rotatable bonds is 6. The third-order valence-corrected chi connectivity index (χ3v) is 3.44. The minimum absolute atomic E-state index is 0.847. The lowest BCUT2D eigenvalue weighted by Gasteiger charge is -2.22. The fraction of sp³-hybridized carbons (Fsp3) is 0.375. The van der Waals surface area contributed by atoms with E-state index in [2.05, 4.69) is 27.1 Å². The van der Waals surface area contributed by atoms with Gasteiger partial charge in [0.1, 0.15) is 23.7 Å². The number of nitrogens with one attached hydrogen (secondary N) is 1. The van der Waals surface area contributed by atoms with Gasteiger partial charge in [-0.2, -0.15) is 0 Å². The molecular formula is C16H22N4O. The first-order valence-corrected chi connectivity index (χ1v) is 7.10. The maximum Gasteiger partial charge on any atom is 0.141 e. The predicted octanol–water partition coefficient (Wildman–Crippen LogP) is 3.25. The monoisotopic (exact) mass is 286 g/mol. The van der Waals surface area contributed by atoms with Gasteiger partial charge in [-0.05, 0) is 30.7 Å². The lowest BCUT2D eigenvalue weighted by atomic mass is 10.1. The van der Waals surface area contributed by atoms with Gasteiger partial charge in [0.25, 0.3) is 0 Å². The molecule has 1 aromatic heterocycles. The van der Waals surface area contributed by atoms with Gasteiger partial charge in [-0.15, -0.1) is 0 Å². The Kier molecular flexibility index (Phi) is 4.98. The summed E-state index contributed by atoms with van der Waals surface area (Å²) in [5.41, 5.74) is 2.20. The largest absolute Gasteiger partial charge is 0.497 e. The van der Waals surface area contributed by atoms with Gasteiger partial charge in [0, 0.05) is 25.3 Å². The van der Waals surface area contributed by atoms with Crippen LogP contribution in [0, 0.1) is 0 Å². The number of nitrogens with zero attached hydrogens (tertiary/aromatic N) is 3. The van der Waals surface area contributed by atoms with Crippen LogP contribution in [-0.4, -0.2) is 31.2 Å². The third kappa shape index (κ3) is 3.24. The van der Waals surface area contributed by atoms with Crippen molar-refractivity contribution in [2.75, 3.05) is 31.4 Å². The van der Waals surface area contributed by atoms with Crippen molar-refractivity contribution in [3.8, 4) is 5.75 Å². The molecule has 0 saturated carbocycles. The lowest BCUT2D eigenvalue weighted by Crippen LogP contribution is -2.15. The summed E-state index contributed by atoms with van der Waals surface area (Å²) < 4.78 is 5.20. The van der Waals surface area contributed by atoms with Crippen LogP contribution in [0.5, 0.6) is 5.75 Å². The van der Waals surface area contributed by atoms with E-state index >= 15 is 0 Å². The average Bonchev–Trinajstić information content (AvgIpc) is 2.54. The quantitative estimate of drug-likeness (QED) is 0.883. The van der Waals surface area contributed by atoms with Crippen molar-refractivity contribution in [2.24, 2.45) is 0 Å². The standard InChI is InChI=1S/C16H22N4O/c1-5-6-14-15(17-2)18-11-19-16(14)20(3)12-7-9-13(21-4)10-8-12/h7-11H,5-6H2,1-4H3,(H,17,18,19). The van der Waals surface area contributed by atoms with Crippen LogP contribution in [0.15, 0.2) is 30.6 Å². The summed E-state index contributed by atoms with van der Waals surface area (Å²) in [7, 11) is 5.57. The first-order valence-electron chi connectivity index (χ1n) is 7.10. The fourth-order valence-corrected chi connectivity index (χ4v) is 2.32. The molecule has 1 aromatic carbocycles. The maximum absolute atomic E-state index is 5.20. The first kappa shape index (κ1) is 15.1. The molecular weight excluding hydrogens is 264 g/mol. The van der Waals surface area contributed by atoms with Gasteiger partial charge in [-0.3, -0.25) is 0 Å². The Hall–Kier alpha value is -2.30. The summed E-state index contributed by atoms with van der Waals surface area (Å²) in [6.07, 6.45) is 3.58. The maximum atomic E-state index is 5.20. The van der Waals surface area contributed by atoms with Gasteiger partial charge in [0.2, 0.25) is 0 Å². The Morgan fingerprint density at radius 2 is 1.90 bits per heavy atom. The Balaban J connectivity index is 2.39. The van der Waals surface area contributed by atoms with Crippen molar-refractivity contribution >= 4 is 17.3 Å². The summed E-state index contributed by atoms with van der Waals surface area (Å²) in [6, 6.07) is 7.95. The van der Waals surface area contributed by atoms with E-state index in [1.54, 1.807) is 13.4 Å². The summed E-state index contributed by atoms with van der Waals surface area (Å²) in [5.74, 6) is 2.67. The van der Waals surface area contributed by atoms with Gasteiger partial charge in [0.05, 0.1) is 7.11 Å². The minimum Gasteiger partial charge on any atom is -0.497 e. The first-order chi connectivity index (χ1) is 10.2. The molecule has 5 nitrogen and oxygen atoms in total. The van der Waals surface area contributed by atoms with E-state index in [1.165, 1.54) is 0 Å². The number of hydrogen-bond acceptors (Lipinski definition) is 5. The van der Waals surface area contributed by atoms with Gasteiger partial charge >= 0.3 is 0 Å². The highest BCUT2D eigenvalue weighted by atomic mass is 16.5. The van der Waals surface area contributed by atoms with Crippen molar-refractivity contribution in [3.63, 3.8) is 0 Å². The zero-order valence-corrected chi connectivity index (χ0v) is 13.1.